The maximum absolute atomic E-state index is 6.30. The van der Waals surface area contributed by atoms with Crippen molar-refractivity contribution in [3.63, 3.8) is 0 Å². The van der Waals surface area contributed by atoms with Crippen LogP contribution in [0.2, 0.25) is 5.02 Å². The van der Waals surface area contributed by atoms with E-state index in [1.165, 1.54) is 0 Å². The first kappa shape index (κ1) is 24.3. The number of nitrogens with zero attached hydrogens (tertiary/aromatic N) is 2. The highest BCUT2D eigenvalue weighted by Crippen LogP contribution is 2.22. The Labute approximate surface area is 185 Å². The van der Waals surface area contributed by atoms with E-state index in [-0.39, 0.29) is 24.0 Å². The second kappa shape index (κ2) is 13.4. The average molecular weight is 511 g/mol. The number of halogens is 2. The van der Waals surface area contributed by atoms with Gasteiger partial charge in [0, 0.05) is 51.4 Å². The molecule has 6 nitrogen and oxygen atoms in total. The van der Waals surface area contributed by atoms with E-state index in [1.807, 2.05) is 25.2 Å². The van der Waals surface area contributed by atoms with E-state index in [4.69, 9.17) is 21.1 Å². The van der Waals surface area contributed by atoms with Gasteiger partial charge in [0.05, 0.1) is 13.7 Å². The molecule has 0 atom stereocenters. The number of nitrogens with one attached hydrogen (secondary N) is 2. The van der Waals surface area contributed by atoms with E-state index < -0.39 is 0 Å². The second-order valence-corrected chi connectivity index (χ2v) is 6.87. The molecule has 2 N–H and O–H groups in total. The Kier molecular flexibility index (Phi) is 12.1. The molecule has 1 fully saturated rings. The van der Waals surface area contributed by atoms with Crippen LogP contribution in [0.25, 0.3) is 0 Å². The molecule has 0 saturated carbocycles. The van der Waals surface area contributed by atoms with Crippen molar-refractivity contribution in [1.82, 2.24) is 15.5 Å². The number of benzene rings is 1. The third-order valence-corrected chi connectivity index (χ3v) is 5.06. The number of likely N-dealkylation sites (tertiary alicyclic amines) is 1. The second-order valence-electron chi connectivity index (χ2n) is 6.46. The molecular weight excluding hydrogens is 479 g/mol. The van der Waals surface area contributed by atoms with E-state index in [2.05, 4.69) is 20.5 Å². The Morgan fingerprint density at radius 3 is 2.63 bits per heavy atom. The third-order valence-electron chi connectivity index (χ3n) is 4.71. The fraction of sp³-hybridized carbons (Fsp3) is 0.632. The SMILES string of the molecule is CN=C(NCCc1ccc(OC)cc1Cl)NC1CCN(CCOC)CC1.I. The summed E-state index contributed by atoms with van der Waals surface area (Å²) in [4.78, 5) is 6.79. The number of piperidine rings is 1. The van der Waals surface area contributed by atoms with Crippen LogP contribution in [0.1, 0.15) is 18.4 Å². The quantitative estimate of drug-likeness (QED) is 0.320. The van der Waals surface area contributed by atoms with Gasteiger partial charge in [-0.1, -0.05) is 17.7 Å². The van der Waals surface area contributed by atoms with Crippen molar-refractivity contribution in [2.24, 2.45) is 4.99 Å². The van der Waals surface area contributed by atoms with Gasteiger partial charge in [0.25, 0.3) is 0 Å². The monoisotopic (exact) mass is 510 g/mol. The zero-order chi connectivity index (χ0) is 18.8. The van der Waals surface area contributed by atoms with Gasteiger partial charge in [-0.3, -0.25) is 4.99 Å². The zero-order valence-corrected chi connectivity index (χ0v) is 19.5. The first-order valence-corrected chi connectivity index (χ1v) is 9.55. The smallest absolute Gasteiger partial charge is 0.191 e. The third kappa shape index (κ3) is 8.41. The van der Waals surface area contributed by atoms with Gasteiger partial charge in [-0.25, -0.2) is 0 Å². The molecule has 154 valence electrons. The molecular formula is C19H32ClIN4O2. The summed E-state index contributed by atoms with van der Waals surface area (Å²) < 4.78 is 10.3. The van der Waals surface area contributed by atoms with E-state index in [0.717, 1.165) is 74.3 Å². The van der Waals surface area contributed by atoms with E-state index in [9.17, 15) is 0 Å². The summed E-state index contributed by atoms with van der Waals surface area (Å²) in [7, 11) is 5.21. The number of aliphatic imine (C=N–C) groups is 1. The van der Waals surface area contributed by atoms with Gasteiger partial charge in [0.1, 0.15) is 5.75 Å². The van der Waals surface area contributed by atoms with Crippen molar-refractivity contribution in [2.45, 2.75) is 25.3 Å². The summed E-state index contributed by atoms with van der Waals surface area (Å²) in [5.41, 5.74) is 1.10. The Morgan fingerprint density at radius 1 is 1.30 bits per heavy atom. The summed E-state index contributed by atoms with van der Waals surface area (Å²) >= 11 is 6.30. The fourth-order valence-corrected chi connectivity index (χ4v) is 3.35. The maximum Gasteiger partial charge on any atom is 0.191 e. The summed E-state index contributed by atoms with van der Waals surface area (Å²) in [6, 6.07) is 6.26. The molecule has 1 aliphatic heterocycles. The molecule has 0 unspecified atom stereocenters. The number of hydrogen-bond acceptors (Lipinski definition) is 4. The minimum atomic E-state index is 0. The van der Waals surface area contributed by atoms with Crippen LogP contribution in [-0.4, -0.2) is 71.0 Å². The molecule has 0 spiro atoms. The minimum absolute atomic E-state index is 0. The van der Waals surface area contributed by atoms with E-state index in [0.29, 0.717) is 6.04 Å². The van der Waals surface area contributed by atoms with Crippen LogP contribution in [0.5, 0.6) is 5.75 Å². The summed E-state index contributed by atoms with van der Waals surface area (Å²) in [5, 5.41) is 7.65. The molecule has 1 saturated heterocycles. The van der Waals surface area contributed by atoms with Gasteiger partial charge in [-0.2, -0.15) is 0 Å². The predicted octanol–water partition coefficient (Wildman–Crippen LogP) is 2.78. The molecule has 0 amide bonds. The molecule has 0 bridgehead atoms. The van der Waals surface area contributed by atoms with Crippen LogP contribution in [0, 0.1) is 0 Å². The molecule has 0 aliphatic carbocycles. The van der Waals surface area contributed by atoms with Crippen molar-refractivity contribution in [3.8, 4) is 5.75 Å². The van der Waals surface area contributed by atoms with Crippen LogP contribution < -0.4 is 15.4 Å². The number of guanidine groups is 1. The van der Waals surface area contributed by atoms with Gasteiger partial charge in [-0.05, 0) is 37.0 Å². The average Bonchev–Trinajstić information content (AvgIpc) is 2.67. The van der Waals surface area contributed by atoms with Crippen molar-refractivity contribution in [2.75, 3.05) is 54.1 Å². The Bertz CT molecular complexity index is 581. The lowest BCUT2D eigenvalue weighted by molar-refractivity contribution is 0.128. The number of rotatable bonds is 8. The summed E-state index contributed by atoms with van der Waals surface area (Å²) in [6.45, 7) is 4.78. The largest absolute Gasteiger partial charge is 0.497 e. The van der Waals surface area contributed by atoms with Crippen molar-refractivity contribution in [3.05, 3.63) is 28.8 Å². The van der Waals surface area contributed by atoms with Crippen molar-refractivity contribution < 1.29 is 9.47 Å². The summed E-state index contributed by atoms with van der Waals surface area (Å²) in [6.07, 6.45) is 3.07. The van der Waals surface area contributed by atoms with Crippen LogP contribution in [0.4, 0.5) is 0 Å². The number of methoxy groups -OCH3 is 2. The van der Waals surface area contributed by atoms with Gasteiger partial charge < -0.3 is 25.0 Å². The number of ether oxygens (including phenoxy) is 2. The standard InChI is InChI=1S/C19H31ClN4O2.HI/c1-21-19(23-16-7-10-24(11-8-16)12-13-25-2)22-9-6-15-4-5-17(26-3)14-18(15)20;/h4-5,14,16H,6-13H2,1-3H3,(H2,21,22,23);1H. The normalized spacial score (nSPS) is 15.9. The van der Waals surface area contributed by atoms with Crippen molar-refractivity contribution >= 4 is 41.5 Å². The van der Waals surface area contributed by atoms with Gasteiger partial charge in [0.2, 0.25) is 0 Å². The van der Waals surface area contributed by atoms with Crippen LogP contribution in [0.15, 0.2) is 23.2 Å². The lowest BCUT2D eigenvalue weighted by Gasteiger charge is -2.32. The lowest BCUT2D eigenvalue weighted by Crippen LogP contribution is -2.49. The zero-order valence-electron chi connectivity index (χ0n) is 16.5. The molecule has 8 heteroatoms. The van der Waals surface area contributed by atoms with Crippen LogP contribution >= 0.6 is 35.6 Å². The maximum atomic E-state index is 6.30. The summed E-state index contributed by atoms with van der Waals surface area (Å²) in [5.74, 6) is 1.63. The highest BCUT2D eigenvalue weighted by Gasteiger charge is 2.19. The van der Waals surface area contributed by atoms with Gasteiger partial charge >= 0.3 is 0 Å². The molecule has 0 aromatic heterocycles. The van der Waals surface area contributed by atoms with Crippen LogP contribution in [0.3, 0.4) is 0 Å². The molecule has 2 rings (SSSR count). The lowest BCUT2D eigenvalue weighted by atomic mass is 10.1. The molecule has 27 heavy (non-hydrogen) atoms. The first-order valence-electron chi connectivity index (χ1n) is 9.17. The molecule has 1 aromatic carbocycles. The molecule has 1 aliphatic rings. The van der Waals surface area contributed by atoms with Crippen LogP contribution in [-0.2, 0) is 11.2 Å². The van der Waals surface area contributed by atoms with E-state index in [1.54, 1.807) is 14.2 Å². The van der Waals surface area contributed by atoms with E-state index >= 15 is 0 Å². The highest BCUT2D eigenvalue weighted by atomic mass is 127. The Hall–Kier alpha value is -0.770. The fourth-order valence-electron chi connectivity index (χ4n) is 3.08. The van der Waals surface area contributed by atoms with Crippen molar-refractivity contribution in [1.29, 1.82) is 0 Å². The highest BCUT2D eigenvalue weighted by molar-refractivity contribution is 14.0. The first-order chi connectivity index (χ1) is 12.7. The molecule has 1 heterocycles. The minimum Gasteiger partial charge on any atom is -0.497 e. The Morgan fingerprint density at radius 2 is 2.04 bits per heavy atom. The number of hydrogen-bond donors (Lipinski definition) is 2. The molecule has 0 radical (unpaired) electrons. The molecule has 1 aromatic rings. The Balaban J connectivity index is 0.00000364. The van der Waals surface area contributed by atoms with Gasteiger partial charge in [-0.15, -0.1) is 24.0 Å². The topological polar surface area (TPSA) is 58.1 Å². The van der Waals surface area contributed by atoms with Gasteiger partial charge in [0.15, 0.2) is 5.96 Å². The predicted molar refractivity (Wildman–Crippen MR) is 123 cm³/mol.